The Hall–Kier alpha value is -5.06. The Morgan fingerprint density at radius 3 is 1.71 bits per heavy atom. The number of halogens is 3. The molecule has 0 fully saturated rings. The number of nitrogens with zero attached hydrogens (tertiary/aromatic N) is 12. The topological polar surface area (TPSA) is 334 Å². The molecule has 390 valence electrons. The van der Waals surface area contributed by atoms with Gasteiger partial charge in [0, 0.05) is 78.4 Å². The molecule has 31 heteroatoms. The maximum Gasteiger partial charge on any atom is 1.00 e. The summed E-state index contributed by atoms with van der Waals surface area (Å²) in [5.41, 5.74) is 6.41. The van der Waals surface area contributed by atoms with Crippen LogP contribution in [0.1, 0.15) is 26.5 Å². The van der Waals surface area contributed by atoms with Crippen LogP contribution in [-0.2, 0) is 74.5 Å². The summed E-state index contributed by atoms with van der Waals surface area (Å²) in [5, 5.41) is 27.3. The van der Waals surface area contributed by atoms with Gasteiger partial charge in [0.15, 0.2) is 22.3 Å². The molecule has 0 radical (unpaired) electrons. The number of rotatable bonds is 5. The van der Waals surface area contributed by atoms with Crippen molar-refractivity contribution in [2.45, 2.75) is 33.7 Å². The van der Waals surface area contributed by atoms with Crippen molar-refractivity contribution in [1.29, 1.82) is 0 Å². The first-order chi connectivity index (χ1) is 34.2. The van der Waals surface area contributed by atoms with Crippen molar-refractivity contribution in [3.05, 3.63) is 134 Å². The molecule has 0 atom stereocenters. The van der Waals surface area contributed by atoms with Gasteiger partial charge in [-0.1, -0.05) is 23.7 Å². The van der Waals surface area contributed by atoms with E-state index in [0.29, 0.717) is 45.6 Å². The molecule has 0 aliphatic carbocycles. The van der Waals surface area contributed by atoms with Crippen molar-refractivity contribution in [3.8, 4) is 17.2 Å². The summed E-state index contributed by atoms with van der Waals surface area (Å²) >= 11 is 16.6. The van der Waals surface area contributed by atoms with E-state index in [-0.39, 0.29) is 174 Å². The fourth-order valence-electron chi connectivity index (χ4n) is 6.85. The van der Waals surface area contributed by atoms with Crippen LogP contribution in [0.15, 0.2) is 88.5 Å². The zero-order valence-electron chi connectivity index (χ0n) is 43.4. The molecule has 9 rings (SSSR count). The van der Waals surface area contributed by atoms with Crippen LogP contribution in [-0.4, -0.2) is 90.2 Å². The summed E-state index contributed by atoms with van der Waals surface area (Å²) in [4.78, 5) is 116. The van der Waals surface area contributed by atoms with Gasteiger partial charge in [0.05, 0.1) is 23.7 Å². The zero-order valence-corrected chi connectivity index (χ0v) is 50.9. The molecule has 0 spiro atoms. The maximum absolute atomic E-state index is 12.5. The monoisotopic (exact) mass is 1150 g/mol. The van der Waals surface area contributed by atoms with E-state index in [1.807, 2.05) is 17.6 Å². The quantitative estimate of drug-likeness (QED) is 0.0276. The summed E-state index contributed by atoms with van der Waals surface area (Å²) in [5.74, 6) is 1.23. The molecule has 26 nitrogen and oxygen atoms in total. The predicted octanol–water partition coefficient (Wildman–Crippen LogP) is -5.38. The molecule has 7 heterocycles. The number of imidazole rings is 3. The number of hydrogen-bond donors (Lipinski definition) is 3. The van der Waals surface area contributed by atoms with Gasteiger partial charge >= 0.3 is 120 Å². The Morgan fingerprint density at radius 2 is 1.24 bits per heavy atom. The number of Topliss-reactive ketones (excluding diaryl/α,β-unsaturated/α-hetero) is 2. The predicted molar refractivity (Wildman–Crippen MR) is 271 cm³/mol. The molecule has 0 bridgehead atoms. The van der Waals surface area contributed by atoms with Gasteiger partial charge in [-0.25, -0.2) is 19.4 Å². The van der Waals surface area contributed by atoms with Crippen LogP contribution in [0, 0.1) is 6.92 Å². The second-order valence-corrected chi connectivity index (χ2v) is 16.7. The number of phenols is 2. The van der Waals surface area contributed by atoms with Crippen molar-refractivity contribution in [3.63, 3.8) is 0 Å². The number of ketones is 2. The van der Waals surface area contributed by atoms with E-state index in [2.05, 4.69) is 19.8 Å². The third-order valence-electron chi connectivity index (χ3n) is 10.3. The van der Waals surface area contributed by atoms with E-state index >= 15 is 0 Å². The number of nitrogen functional groups attached to an aromatic ring is 1. The van der Waals surface area contributed by atoms with Crippen LogP contribution in [0.2, 0.25) is 5.28 Å². The Bertz CT molecular complexity index is 3840. The summed E-state index contributed by atoms with van der Waals surface area (Å²) in [6, 6.07) is 13.3. The molecular formula is C44H48Cl3K2N13O13. The van der Waals surface area contributed by atoms with E-state index in [9.17, 15) is 43.5 Å². The molecule has 1 aliphatic heterocycles. The van der Waals surface area contributed by atoms with Gasteiger partial charge in [0.1, 0.15) is 34.1 Å². The summed E-state index contributed by atoms with van der Waals surface area (Å²) in [6.45, 7) is 4.49. The number of aromatic nitrogens is 11. The van der Waals surface area contributed by atoms with E-state index < -0.39 is 22.5 Å². The van der Waals surface area contributed by atoms with Crippen molar-refractivity contribution >= 4 is 97.6 Å². The normalized spacial score (nSPS) is 10.8. The minimum atomic E-state index is -0.520. The summed E-state index contributed by atoms with van der Waals surface area (Å²) < 4.78 is 11.8. The minimum Gasteiger partial charge on any atom is -1.00 e. The van der Waals surface area contributed by atoms with Crippen molar-refractivity contribution in [1.82, 2.24) is 50.9 Å². The van der Waals surface area contributed by atoms with Crippen LogP contribution >= 0.6 is 34.8 Å². The third kappa shape index (κ3) is 15.3. The molecule has 8 aromatic rings. The SMILES string of the molecule is CC(=O)CCl.CC(=O)Cn1c(Cl)nc2c1c(=O)n(C)c(=O)n2C.Cc1cn2c3c(=O)n(C)c(=O)n(C)c3nc2n1-c1cccc(O)c1.Cn1c2c(c(=O)n(C)c1=O)CC(Cl)=N2.Nc1cccc(O)c1.O=CO[O-].[H-].[K+].[K+]. The fourth-order valence-corrected chi connectivity index (χ4v) is 7.29. The molecule has 4 N–H and O–H groups in total. The van der Waals surface area contributed by atoms with Gasteiger partial charge in [-0.15, -0.1) is 11.6 Å². The first-order valence-corrected chi connectivity index (χ1v) is 22.1. The number of anilines is 1. The fraction of sp³-hybridized carbons (Fsp3) is 0.273. The molecule has 0 saturated heterocycles. The maximum atomic E-state index is 12.5. The number of alkyl halides is 1. The number of benzene rings is 2. The number of nitrogens with two attached hydrogens (primary N) is 1. The standard InChI is InChI=1S/C16H15N5O3.C10H11ClN4O3.C8H8ClN3O2.C6H7NO.C3H5ClO.CH2O3.2K.H/c1-9-8-20-12-13(18(2)16(24)19(3)14(12)23)17-15(20)21(9)10-5-4-6-11(22)7-10;1-5(16)4-15-6-7(12-9(15)11)13(2)10(18)14(3)8(6)17;1-11-6-4(3-5(9)10-6)7(13)12(2)8(11)14;7-5-2-1-3-6(8)4-5;1-3(5)2-4;2-1-4-3;;;/h4-8,22H,1-3H3;4H2,1-3H3;3H2,1-2H3;1-4,8H,7H2;2H2,1H3;1,3H;;;/q;;;;;;2*+1;-1/p-1. The number of aromatic hydroxyl groups is 2. The number of carbonyl (C=O) groups excluding carboxylic acids is 3. The van der Waals surface area contributed by atoms with Crippen LogP contribution < -0.4 is 148 Å². The number of phenolic OH excluding ortho intramolecular Hbond substituents is 2. The van der Waals surface area contributed by atoms with Crippen LogP contribution in [0.5, 0.6) is 11.5 Å². The van der Waals surface area contributed by atoms with E-state index in [1.165, 1.54) is 66.4 Å². The molecule has 0 unspecified atom stereocenters. The van der Waals surface area contributed by atoms with Crippen LogP contribution in [0.4, 0.5) is 11.5 Å². The summed E-state index contributed by atoms with van der Waals surface area (Å²) in [7, 11) is 8.90. The third-order valence-corrected chi connectivity index (χ3v) is 11.2. The van der Waals surface area contributed by atoms with Gasteiger partial charge < -0.3 is 32.1 Å². The van der Waals surface area contributed by atoms with Crippen LogP contribution in [0.25, 0.3) is 33.8 Å². The molecule has 0 saturated carbocycles. The molecule has 1 aliphatic rings. The Balaban J connectivity index is 0.000000496. The number of aliphatic imine (C=N–C) groups is 1. The first kappa shape index (κ1) is 66.1. The van der Waals surface area contributed by atoms with E-state index in [4.69, 9.17) is 55.7 Å². The zero-order chi connectivity index (χ0) is 54.9. The number of aryl methyl sites for hydroxylation is 3. The first-order valence-electron chi connectivity index (χ1n) is 20.8. The summed E-state index contributed by atoms with van der Waals surface area (Å²) in [6.07, 6.45) is 2.11. The average molecular weight is 1150 g/mol. The Kier molecular flexibility index (Phi) is 25.5. The smallest absolute Gasteiger partial charge is 1.00 e. The largest absolute Gasteiger partial charge is 1.00 e. The Morgan fingerprint density at radius 1 is 0.760 bits per heavy atom. The van der Waals surface area contributed by atoms with Crippen molar-refractivity contribution < 1.29 is 139 Å². The van der Waals surface area contributed by atoms with Crippen LogP contribution in [0.3, 0.4) is 0 Å². The number of hydrogen-bond acceptors (Lipinski definition) is 17. The molecule has 2 aromatic carbocycles. The molecule has 75 heavy (non-hydrogen) atoms. The van der Waals surface area contributed by atoms with Gasteiger partial charge in [-0.2, -0.15) is 9.97 Å². The van der Waals surface area contributed by atoms with Gasteiger partial charge in [0.2, 0.25) is 11.1 Å². The van der Waals surface area contributed by atoms with Gasteiger partial charge in [-0.3, -0.25) is 65.1 Å². The number of fused-ring (bicyclic) bond motifs is 5. The second kappa shape index (κ2) is 28.9. The van der Waals surface area contributed by atoms with Crippen molar-refractivity contribution in [2.75, 3.05) is 11.6 Å². The molecule has 6 aromatic heterocycles. The average Bonchev–Trinajstić information content (AvgIpc) is 4.10. The van der Waals surface area contributed by atoms with Crippen molar-refractivity contribution in [2.24, 2.45) is 47.3 Å². The molecule has 0 amide bonds. The minimum absolute atomic E-state index is 0. The molecular weight excluding hydrogens is 1100 g/mol. The van der Waals surface area contributed by atoms with E-state index in [0.717, 1.165) is 25.1 Å². The van der Waals surface area contributed by atoms with Gasteiger partial charge in [0.25, 0.3) is 23.2 Å². The van der Waals surface area contributed by atoms with E-state index in [1.54, 1.807) is 61.1 Å². The Labute approximate surface area is 524 Å². The second-order valence-electron chi connectivity index (χ2n) is 15.6. The van der Waals surface area contributed by atoms with Gasteiger partial charge in [-0.05, 0) is 56.6 Å². The number of carbonyl (C=O) groups is 3.